The standard InChI is InChI=1S/C65H81N3O18S/c1-4-56(69)78-36-10-9-35-68(65-67-53-15-7-8-16-55(53)87-65)66-42-49-41-52(85-63(76)47-25-29-50(30-26-47)83-61(74)45-21-17-43(18-22-45)59(72)81-39-13-11-37-79-57(70)5-2)33-34-54(49)86-64(77)48-27-31-51(32-28-48)84-62(75)46-23-19-44(20-24-46)60(73)82-40-14-12-38-80-58(71)6-3/h4-8,15-16,33-34,41-48,50-51H,1-3,9-14,17-32,35-40H2/b66-42+. The van der Waals surface area contributed by atoms with E-state index in [1.807, 2.05) is 24.3 Å². The predicted octanol–water partition coefficient (Wildman–Crippen LogP) is 10.4. The number of carbonyl (C=O) groups is 9. The Morgan fingerprint density at radius 3 is 1.34 bits per heavy atom. The minimum absolute atomic E-state index is 0.178. The third-order valence-electron chi connectivity index (χ3n) is 16.2. The highest BCUT2D eigenvalue weighted by atomic mass is 32.1. The fourth-order valence-corrected chi connectivity index (χ4v) is 12.0. The van der Waals surface area contributed by atoms with E-state index in [4.69, 9.17) is 52.7 Å². The molecule has 21 nitrogen and oxygen atoms in total. The Bertz CT molecular complexity index is 2860. The molecule has 0 atom stereocenters. The summed E-state index contributed by atoms with van der Waals surface area (Å²) in [6.07, 6.45) is 15.1. The second-order valence-corrected chi connectivity index (χ2v) is 23.4. The zero-order valence-corrected chi connectivity index (χ0v) is 50.3. The van der Waals surface area contributed by atoms with E-state index in [2.05, 4.69) is 19.7 Å². The van der Waals surface area contributed by atoms with Crippen LogP contribution in [0.4, 0.5) is 5.13 Å². The minimum atomic E-state index is -0.516. The van der Waals surface area contributed by atoms with Crippen molar-refractivity contribution in [3.05, 3.63) is 86.0 Å². The van der Waals surface area contributed by atoms with Crippen molar-refractivity contribution >= 4 is 86.6 Å². The van der Waals surface area contributed by atoms with Gasteiger partial charge in [0.05, 0.1) is 85.0 Å². The molecule has 0 bridgehead atoms. The van der Waals surface area contributed by atoms with Crippen molar-refractivity contribution in [3.8, 4) is 11.5 Å². The first-order valence-electron chi connectivity index (χ1n) is 30.6. The van der Waals surface area contributed by atoms with Crippen molar-refractivity contribution in [2.75, 3.05) is 44.6 Å². The van der Waals surface area contributed by atoms with E-state index in [0.29, 0.717) is 158 Å². The van der Waals surface area contributed by atoms with Crippen LogP contribution in [-0.4, -0.2) is 117 Å². The molecule has 4 aliphatic rings. The van der Waals surface area contributed by atoms with E-state index >= 15 is 0 Å². The maximum absolute atomic E-state index is 14.0. The number of nitrogens with zero attached hydrogens (tertiary/aromatic N) is 3. The summed E-state index contributed by atoms with van der Waals surface area (Å²) in [5.41, 5.74) is 1.13. The third-order valence-corrected chi connectivity index (χ3v) is 17.2. The molecular weight excluding hydrogens is 1140 g/mol. The number of ether oxygens (including phenoxy) is 9. The molecule has 470 valence electrons. The zero-order chi connectivity index (χ0) is 61.9. The van der Waals surface area contributed by atoms with Crippen LogP contribution in [0.3, 0.4) is 0 Å². The van der Waals surface area contributed by atoms with E-state index in [1.54, 1.807) is 23.2 Å². The molecule has 7 rings (SSSR count). The summed E-state index contributed by atoms with van der Waals surface area (Å²) < 4.78 is 50.9. The second kappa shape index (κ2) is 35.2. The third kappa shape index (κ3) is 21.6. The number of benzene rings is 2. The Labute approximate surface area is 511 Å². The number of fused-ring (bicyclic) bond motifs is 1. The van der Waals surface area contributed by atoms with Gasteiger partial charge in [-0.15, -0.1) is 0 Å². The lowest BCUT2D eigenvalue weighted by Crippen LogP contribution is -2.33. The van der Waals surface area contributed by atoms with Gasteiger partial charge in [-0.05, 0) is 172 Å². The molecular formula is C65H81N3O18S. The van der Waals surface area contributed by atoms with E-state index in [-0.39, 0.29) is 104 Å². The van der Waals surface area contributed by atoms with Gasteiger partial charge in [0.25, 0.3) is 0 Å². The Kier molecular flexibility index (Phi) is 27.0. The second-order valence-electron chi connectivity index (χ2n) is 22.4. The molecule has 1 aromatic heterocycles. The highest BCUT2D eigenvalue weighted by Gasteiger charge is 2.37. The first-order chi connectivity index (χ1) is 42.2. The van der Waals surface area contributed by atoms with Crippen LogP contribution in [0.15, 0.2) is 85.5 Å². The lowest BCUT2D eigenvalue weighted by molar-refractivity contribution is -0.161. The Hall–Kier alpha value is -7.75. The molecule has 22 heteroatoms. The number of thiazole rings is 1. The first kappa shape index (κ1) is 66.8. The summed E-state index contributed by atoms with van der Waals surface area (Å²) in [4.78, 5) is 119. The van der Waals surface area contributed by atoms with Crippen molar-refractivity contribution in [1.82, 2.24) is 4.98 Å². The van der Waals surface area contributed by atoms with Gasteiger partial charge in [0.1, 0.15) is 23.7 Å². The predicted molar refractivity (Wildman–Crippen MR) is 320 cm³/mol. The molecule has 0 unspecified atom stereocenters. The first-order valence-corrected chi connectivity index (χ1v) is 31.4. The quantitative estimate of drug-likeness (QED) is 0.0110. The fraction of sp³-hybridized carbons (Fsp3) is 0.554. The van der Waals surface area contributed by atoms with Gasteiger partial charge in [0.2, 0.25) is 5.13 Å². The van der Waals surface area contributed by atoms with Crippen LogP contribution in [0.1, 0.15) is 147 Å². The molecule has 4 saturated carbocycles. The summed E-state index contributed by atoms with van der Waals surface area (Å²) in [7, 11) is 0. The molecule has 3 aromatic rings. The van der Waals surface area contributed by atoms with Crippen LogP contribution < -0.4 is 14.5 Å². The Morgan fingerprint density at radius 2 is 0.885 bits per heavy atom. The number of rotatable bonds is 31. The average molecular weight is 1220 g/mol. The summed E-state index contributed by atoms with van der Waals surface area (Å²) in [5, 5.41) is 7.17. The molecule has 0 N–H and O–H groups in total. The van der Waals surface area contributed by atoms with Crippen molar-refractivity contribution in [1.29, 1.82) is 0 Å². The van der Waals surface area contributed by atoms with Crippen LogP contribution in [0, 0.1) is 35.5 Å². The number of aromatic nitrogens is 1. The molecule has 1 heterocycles. The Balaban J connectivity index is 0.916. The van der Waals surface area contributed by atoms with Gasteiger partial charge in [-0.25, -0.2) is 24.4 Å². The number of hydrazone groups is 1. The van der Waals surface area contributed by atoms with Crippen LogP contribution in [0.5, 0.6) is 11.5 Å². The van der Waals surface area contributed by atoms with Gasteiger partial charge >= 0.3 is 53.7 Å². The lowest BCUT2D eigenvalue weighted by atomic mass is 9.82. The van der Waals surface area contributed by atoms with E-state index in [0.717, 1.165) is 28.4 Å². The summed E-state index contributed by atoms with van der Waals surface area (Å²) in [5.74, 6) is -5.47. The zero-order valence-electron chi connectivity index (χ0n) is 49.5. The number of anilines is 1. The van der Waals surface area contributed by atoms with E-state index < -0.39 is 41.7 Å². The van der Waals surface area contributed by atoms with Gasteiger partial charge in [-0.1, -0.05) is 43.2 Å². The monoisotopic (exact) mass is 1220 g/mol. The topological polar surface area (TPSA) is 265 Å². The van der Waals surface area contributed by atoms with E-state index in [9.17, 15) is 43.2 Å². The van der Waals surface area contributed by atoms with E-state index in [1.165, 1.54) is 17.6 Å². The van der Waals surface area contributed by atoms with Gasteiger partial charge in [-0.3, -0.25) is 28.8 Å². The molecule has 2 aromatic carbocycles. The van der Waals surface area contributed by atoms with Crippen LogP contribution in [0.2, 0.25) is 0 Å². The SMILES string of the molecule is C=CC(=O)OCCCCOC(=O)C1CCC(C(=O)OC2CCC(C(=O)Oc3ccc(OC(=O)C4CCC(OC(=O)C5CCC(C(=O)OCCCCOC(=O)C=C)CC5)CC4)c(/C=N/N(CCCCOC(=O)C=C)c4nc5ccccc5s4)c3)CC2)CC1. The minimum Gasteiger partial charge on any atom is -0.465 e. The largest absolute Gasteiger partial charge is 0.465 e. The normalized spacial score (nSPS) is 21.9. The lowest BCUT2D eigenvalue weighted by Gasteiger charge is -2.30. The molecule has 0 spiro atoms. The summed E-state index contributed by atoms with van der Waals surface area (Å²) in [6, 6.07) is 12.4. The average Bonchev–Trinajstić information content (AvgIpc) is 3.17. The Morgan fingerprint density at radius 1 is 0.483 bits per heavy atom. The number of hydrogen-bond donors (Lipinski definition) is 0. The summed E-state index contributed by atoms with van der Waals surface area (Å²) >= 11 is 1.44. The van der Waals surface area contributed by atoms with Gasteiger partial charge in [-0.2, -0.15) is 5.10 Å². The molecule has 0 radical (unpaired) electrons. The van der Waals surface area contributed by atoms with Crippen LogP contribution >= 0.6 is 11.3 Å². The maximum atomic E-state index is 14.0. The fourth-order valence-electron chi connectivity index (χ4n) is 11.0. The number of unbranched alkanes of at least 4 members (excludes halogenated alkanes) is 3. The van der Waals surface area contributed by atoms with Crippen molar-refractivity contribution in [2.24, 2.45) is 40.6 Å². The molecule has 4 fully saturated rings. The van der Waals surface area contributed by atoms with Crippen molar-refractivity contribution in [2.45, 2.75) is 153 Å². The highest BCUT2D eigenvalue weighted by Crippen LogP contribution is 2.37. The van der Waals surface area contributed by atoms with Gasteiger partial charge in [0, 0.05) is 30.3 Å². The molecule has 0 saturated heterocycles. The smallest absolute Gasteiger partial charge is 0.330 e. The van der Waals surface area contributed by atoms with Crippen molar-refractivity contribution < 1.29 is 85.8 Å². The number of carbonyl (C=O) groups excluding carboxylic acids is 9. The van der Waals surface area contributed by atoms with Gasteiger partial charge < -0.3 is 42.6 Å². The highest BCUT2D eigenvalue weighted by molar-refractivity contribution is 7.22. The molecule has 87 heavy (non-hydrogen) atoms. The number of esters is 9. The van der Waals surface area contributed by atoms with Gasteiger partial charge in [0.15, 0.2) is 0 Å². The number of para-hydroxylation sites is 1. The molecule has 0 amide bonds. The maximum Gasteiger partial charge on any atom is 0.330 e. The summed E-state index contributed by atoms with van der Waals surface area (Å²) in [6.45, 7) is 11.6. The molecule has 4 aliphatic carbocycles. The van der Waals surface area contributed by atoms with Crippen molar-refractivity contribution in [3.63, 3.8) is 0 Å². The van der Waals surface area contributed by atoms with Crippen LogP contribution in [0.25, 0.3) is 10.2 Å². The molecule has 0 aliphatic heterocycles. The number of hydrogen-bond acceptors (Lipinski definition) is 22. The van der Waals surface area contributed by atoms with Crippen LogP contribution in [-0.2, 0) is 76.3 Å².